The number of rotatable bonds is 6. The number of hydrogen-bond acceptors (Lipinski definition) is 3. The summed E-state index contributed by atoms with van der Waals surface area (Å²) in [6.45, 7) is 7.61. The summed E-state index contributed by atoms with van der Waals surface area (Å²) in [5.41, 5.74) is 0.928. The van der Waals surface area contributed by atoms with Crippen LogP contribution in [0.4, 0.5) is 0 Å². The van der Waals surface area contributed by atoms with Gasteiger partial charge in [-0.05, 0) is 33.9 Å². The molecule has 0 aliphatic heterocycles. The van der Waals surface area contributed by atoms with Gasteiger partial charge in [-0.2, -0.15) is 0 Å². The molecule has 0 aliphatic rings. The van der Waals surface area contributed by atoms with Crippen molar-refractivity contribution in [2.75, 3.05) is 20.3 Å². The predicted octanol–water partition coefficient (Wildman–Crippen LogP) is 2.29. The van der Waals surface area contributed by atoms with Crippen molar-refractivity contribution in [3.05, 3.63) is 29.8 Å². The summed E-state index contributed by atoms with van der Waals surface area (Å²) in [5, 5.41) is 9.34. The lowest BCUT2D eigenvalue weighted by atomic mass is 10.0. The maximum Gasteiger partial charge on any atom is 0.123 e. The van der Waals surface area contributed by atoms with Crippen molar-refractivity contribution in [1.29, 1.82) is 0 Å². The summed E-state index contributed by atoms with van der Waals surface area (Å²) >= 11 is 0. The standard InChI is InChI=1S/C14H23NO2/c1-5-17-13-9-7-6-8-12(13)10-15(4)14(2,3)11-16/h6-9,16H,5,10-11H2,1-4H3. The summed E-state index contributed by atoms with van der Waals surface area (Å²) < 4.78 is 5.60. The molecule has 0 aliphatic carbocycles. The molecule has 0 bridgehead atoms. The van der Waals surface area contributed by atoms with E-state index in [-0.39, 0.29) is 12.1 Å². The van der Waals surface area contributed by atoms with E-state index in [2.05, 4.69) is 11.0 Å². The van der Waals surface area contributed by atoms with Gasteiger partial charge < -0.3 is 9.84 Å². The fourth-order valence-electron chi connectivity index (χ4n) is 1.52. The highest BCUT2D eigenvalue weighted by Crippen LogP contribution is 2.22. The van der Waals surface area contributed by atoms with E-state index in [1.165, 1.54) is 0 Å². The van der Waals surface area contributed by atoms with Crippen LogP contribution in [-0.2, 0) is 6.54 Å². The van der Waals surface area contributed by atoms with Crippen LogP contribution in [0.2, 0.25) is 0 Å². The second-order valence-electron chi connectivity index (χ2n) is 4.87. The van der Waals surface area contributed by atoms with E-state index in [1.807, 2.05) is 46.0 Å². The van der Waals surface area contributed by atoms with Crippen LogP contribution in [0, 0.1) is 0 Å². The summed E-state index contributed by atoms with van der Waals surface area (Å²) in [5.74, 6) is 0.926. The lowest BCUT2D eigenvalue weighted by molar-refractivity contribution is 0.0726. The average molecular weight is 237 g/mol. The summed E-state index contributed by atoms with van der Waals surface area (Å²) in [6, 6.07) is 8.04. The molecule has 0 spiro atoms. The minimum Gasteiger partial charge on any atom is -0.494 e. The topological polar surface area (TPSA) is 32.7 Å². The zero-order valence-corrected chi connectivity index (χ0v) is 11.2. The lowest BCUT2D eigenvalue weighted by Crippen LogP contribution is -2.43. The summed E-state index contributed by atoms with van der Waals surface area (Å²) in [7, 11) is 2.01. The number of aliphatic hydroxyl groups excluding tert-OH is 1. The van der Waals surface area contributed by atoms with Gasteiger partial charge >= 0.3 is 0 Å². The largest absolute Gasteiger partial charge is 0.494 e. The van der Waals surface area contributed by atoms with Gasteiger partial charge in [0.05, 0.1) is 13.2 Å². The Kier molecular flexibility index (Phi) is 4.97. The second kappa shape index (κ2) is 6.03. The number of hydrogen-bond donors (Lipinski definition) is 1. The van der Waals surface area contributed by atoms with Crippen molar-refractivity contribution in [2.24, 2.45) is 0 Å². The smallest absolute Gasteiger partial charge is 0.123 e. The molecule has 3 heteroatoms. The van der Waals surface area contributed by atoms with E-state index in [9.17, 15) is 5.11 Å². The SMILES string of the molecule is CCOc1ccccc1CN(C)C(C)(C)CO. The van der Waals surface area contributed by atoms with Crippen LogP contribution in [0.15, 0.2) is 24.3 Å². The first kappa shape index (κ1) is 14.0. The normalized spacial score (nSPS) is 11.9. The molecule has 1 aromatic rings. The third-order valence-electron chi connectivity index (χ3n) is 3.10. The van der Waals surface area contributed by atoms with Gasteiger partial charge in [0.15, 0.2) is 0 Å². The molecule has 0 saturated carbocycles. The van der Waals surface area contributed by atoms with Crippen molar-refractivity contribution in [3.63, 3.8) is 0 Å². The van der Waals surface area contributed by atoms with Gasteiger partial charge in [-0.15, -0.1) is 0 Å². The average Bonchev–Trinajstić information content (AvgIpc) is 2.32. The molecule has 0 unspecified atom stereocenters. The molecule has 3 nitrogen and oxygen atoms in total. The maximum absolute atomic E-state index is 9.34. The number of likely N-dealkylation sites (N-methyl/N-ethyl adjacent to an activating group) is 1. The summed E-state index contributed by atoms with van der Waals surface area (Å²) in [6.07, 6.45) is 0. The highest BCUT2D eigenvalue weighted by Gasteiger charge is 2.23. The van der Waals surface area contributed by atoms with Gasteiger partial charge in [0.25, 0.3) is 0 Å². The third kappa shape index (κ3) is 3.72. The van der Waals surface area contributed by atoms with Gasteiger partial charge in [0.2, 0.25) is 0 Å². The first-order valence-electron chi connectivity index (χ1n) is 6.04. The molecule has 0 atom stereocenters. The molecule has 0 amide bonds. The van der Waals surface area contributed by atoms with Crippen molar-refractivity contribution in [2.45, 2.75) is 32.9 Å². The van der Waals surface area contributed by atoms with Crippen molar-refractivity contribution in [1.82, 2.24) is 4.90 Å². The van der Waals surface area contributed by atoms with Gasteiger partial charge in [0.1, 0.15) is 5.75 Å². The Labute approximate surface area is 104 Å². The molecule has 1 rings (SSSR count). The number of ether oxygens (including phenoxy) is 1. The Morgan fingerprint density at radius 3 is 2.53 bits per heavy atom. The van der Waals surface area contributed by atoms with Crippen LogP contribution in [0.1, 0.15) is 26.3 Å². The van der Waals surface area contributed by atoms with Gasteiger partial charge in [-0.25, -0.2) is 0 Å². The minimum absolute atomic E-state index is 0.139. The van der Waals surface area contributed by atoms with Crippen LogP contribution in [0.3, 0.4) is 0 Å². The highest BCUT2D eigenvalue weighted by atomic mass is 16.5. The van der Waals surface area contributed by atoms with Gasteiger partial charge in [-0.1, -0.05) is 18.2 Å². The number of nitrogens with zero attached hydrogens (tertiary/aromatic N) is 1. The minimum atomic E-state index is -0.223. The molecule has 1 aromatic carbocycles. The number of para-hydroxylation sites is 1. The molecular weight excluding hydrogens is 214 g/mol. The van der Waals surface area contributed by atoms with Gasteiger partial charge in [-0.3, -0.25) is 4.90 Å². The fourth-order valence-corrected chi connectivity index (χ4v) is 1.52. The van der Waals surface area contributed by atoms with Crippen LogP contribution in [-0.4, -0.2) is 35.8 Å². The lowest BCUT2D eigenvalue weighted by Gasteiger charge is -2.34. The Morgan fingerprint density at radius 2 is 1.94 bits per heavy atom. The molecular formula is C14H23NO2. The van der Waals surface area contributed by atoms with E-state index < -0.39 is 0 Å². The molecule has 0 fully saturated rings. The molecule has 96 valence electrons. The van der Waals surface area contributed by atoms with Crippen LogP contribution >= 0.6 is 0 Å². The monoisotopic (exact) mass is 237 g/mol. The van der Waals surface area contributed by atoms with E-state index in [0.29, 0.717) is 6.61 Å². The highest BCUT2D eigenvalue weighted by molar-refractivity contribution is 5.33. The van der Waals surface area contributed by atoms with E-state index >= 15 is 0 Å². The van der Waals surface area contributed by atoms with E-state index in [0.717, 1.165) is 17.9 Å². The molecule has 0 heterocycles. The predicted molar refractivity (Wildman–Crippen MR) is 70.2 cm³/mol. The van der Waals surface area contributed by atoms with Crippen molar-refractivity contribution < 1.29 is 9.84 Å². The van der Waals surface area contributed by atoms with Crippen LogP contribution < -0.4 is 4.74 Å². The zero-order valence-electron chi connectivity index (χ0n) is 11.2. The van der Waals surface area contributed by atoms with Crippen molar-refractivity contribution in [3.8, 4) is 5.75 Å². The van der Waals surface area contributed by atoms with Gasteiger partial charge in [0, 0.05) is 17.6 Å². The zero-order chi connectivity index (χ0) is 12.9. The molecule has 1 N–H and O–H groups in total. The quantitative estimate of drug-likeness (QED) is 0.824. The Bertz CT molecular complexity index is 350. The second-order valence-corrected chi connectivity index (χ2v) is 4.87. The first-order chi connectivity index (χ1) is 8.01. The Balaban J connectivity index is 2.80. The molecule has 0 saturated heterocycles. The first-order valence-corrected chi connectivity index (χ1v) is 6.04. The van der Waals surface area contributed by atoms with Crippen LogP contribution in [0.25, 0.3) is 0 Å². The van der Waals surface area contributed by atoms with E-state index in [4.69, 9.17) is 4.74 Å². The molecule has 0 radical (unpaired) electrons. The Hall–Kier alpha value is -1.06. The summed E-state index contributed by atoms with van der Waals surface area (Å²) in [4.78, 5) is 2.13. The Morgan fingerprint density at radius 1 is 1.29 bits per heavy atom. The maximum atomic E-state index is 9.34. The van der Waals surface area contributed by atoms with Crippen molar-refractivity contribution >= 4 is 0 Å². The third-order valence-corrected chi connectivity index (χ3v) is 3.10. The van der Waals surface area contributed by atoms with Crippen LogP contribution in [0.5, 0.6) is 5.75 Å². The fraction of sp³-hybridized carbons (Fsp3) is 0.571. The number of benzene rings is 1. The van der Waals surface area contributed by atoms with E-state index in [1.54, 1.807) is 0 Å². The molecule has 0 aromatic heterocycles. The molecule has 17 heavy (non-hydrogen) atoms. The number of aliphatic hydroxyl groups is 1.